The van der Waals surface area contributed by atoms with Gasteiger partial charge in [0.05, 0.1) is 5.69 Å². The molecule has 2 N–H and O–H groups in total. The number of anilines is 2. The van der Waals surface area contributed by atoms with Crippen LogP contribution in [0.25, 0.3) is 0 Å². The number of halogens is 1. The second kappa shape index (κ2) is 5.41. The van der Waals surface area contributed by atoms with Gasteiger partial charge in [0.25, 0.3) is 5.91 Å². The Morgan fingerprint density at radius 3 is 2.86 bits per heavy atom. The maximum absolute atomic E-state index is 13.2. The fourth-order valence-corrected chi connectivity index (χ4v) is 3.43. The molecule has 0 unspecified atom stereocenters. The molecule has 2 aromatic carbocycles. The Kier molecular flexibility index (Phi) is 3.59. The number of fused-ring (bicyclic) bond motifs is 1. The van der Waals surface area contributed by atoms with Gasteiger partial charge in [0.1, 0.15) is 5.82 Å². The third-order valence-corrected chi connectivity index (χ3v) is 4.55. The zero-order chi connectivity index (χ0) is 15.0. The first-order valence-corrected chi connectivity index (χ1v) is 7.65. The maximum Gasteiger partial charge on any atom is 0.258 e. The number of aryl methyl sites for hydroxylation is 1. The molecular weight excluding hydrogens is 287 g/mol. The van der Waals surface area contributed by atoms with E-state index in [9.17, 15) is 9.18 Å². The Balaban J connectivity index is 2.02. The van der Waals surface area contributed by atoms with Gasteiger partial charge in [0.2, 0.25) is 0 Å². The van der Waals surface area contributed by atoms with Gasteiger partial charge in [-0.05, 0) is 48.9 Å². The number of hydrogen-bond donors (Lipinski definition) is 1. The lowest BCUT2D eigenvalue weighted by Crippen LogP contribution is -2.35. The van der Waals surface area contributed by atoms with Gasteiger partial charge in [-0.1, -0.05) is 0 Å². The Hall–Kier alpha value is -2.01. The molecule has 1 heterocycles. The topological polar surface area (TPSA) is 46.3 Å². The third kappa shape index (κ3) is 2.61. The van der Waals surface area contributed by atoms with Gasteiger partial charge in [0.15, 0.2) is 0 Å². The third-order valence-electron chi connectivity index (χ3n) is 3.51. The normalized spacial score (nSPS) is 13.9. The van der Waals surface area contributed by atoms with E-state index in [0.29, 0.717) is 23.4 Å². The minimum atomic E-state index is -0.331. The van der Waals surface area contributed by atoms with Crippen LogP contribution in [0.15, 0.2) is 41.3 Å². The van der Waals surface area contributed by atoms with Gasteiger partial charge in [-0.2, -0.15) is 0 Å². The van der Waals surface area contributed by atoms with Gasteiger partial charge in [0, 0.05) is 28.4 Å². The second-order valence-electron chi connectivity index (χ2n) is 4.99. The first kappa shape index (κ1) is 13.9. The first-order valence-electron chi connectivity index (χ1n) is 6.66. The molecule has 5 heteroatoms. The average Bonchev–Trinajstić information content (AvgIpc) is 2.46. The zero-order valence-electron chi connectivity index (χ0n) is 11.6. The van der Waals surface area contributed by atoms with Crippen LogP contribution in [-0.4, -0.2) is 18.2 Å². The molecule has 0 spiro atoms. The molecule has 3 rings (SSSR count). The highest BCUT2D eigenvalue weighted by molar-refractivity contribution is 7.99. The van der Waals surface area contributed by atoms with Crippen molar-refractivity contribution in [1.29, 1.82) is 0 Å². The summed E-state index contributed by atoms with van der Waals surface area (Å²) in [6.45, 7) is 2.37. The lowest BCUT2D eigenvalue weighted by molar-refractivity contribution is 0.0987. The number of thioether (sulfide) groups is 1. The Bertz CT molecular complexity index is 717. The summed E-state index contributed by atoms with van der Waals surface area (Å²) < 4.78 is 13.2. The lowest BCUT2D eigenvalue weighted by Gasteiger charge is -2.29. The zero-order valence-corrected chi connectivity index (χ0v) is 12.4. The molecule has 0 bridgehead atoms. The first-order chi connectivity index (χ1) is 10.1. The predicted molar refractivity (Wildman–Crippen MR) is 84.4 cm³/mol. The summed E-state index contributed by atoms with van der Waals surface area (Å²) >= 11 is 1.71. The van der Waals surface area contributed by atoms with Gasteiger partial charge in [-0.25, -0.2) is 4.39 Å². The van der Waals surface area contributed by atoms with Crippen LogP contribution < -0.4 is 10.6 Å². The van der Waals surface area contributed by atoms with Gasteiger partial charge in [-0.3, -0.25) is 4.79 Å². The quantitative estimate of drug-likeness (QED) is 0.821. The lowest BCUT2D eigenvalue weighted by atomic mass is 10.1. The smallest absolute Gasteiger partial charge is 0.258 e. The Labute approximate surface area is 126 Å². The largest absolute Gasteiger partial charge is 0.399 e. The molecule has 21 heavy (non-hydrogen) atoms. The molecule has 0 aliphatic carbocycles. The van der Waals surface area contributed by atoms with Crippen molar-refractivity contribution in [2.45, 2.75) is 11.8 Å². The van der Waals surface area contributed by atoms with E-state index in [-0.39, 0.29) is 11.7 Å². The number of nitrogens with zero attached hydrogens (tertiary/aromatic N) is 1. The summed E-state index contributed by atoms with van der Waals surface area (Å²) in [5, 5.41) is 0. The van der Waals surface area contributed by atoms with Crippen molar-refractivity contribution < 1.29 is 9.18 Å². The highest BCUT2D eigenvalue weighted by Crippen LogP contribution is 2.37. The Morgan fingerprint density at radius 2 is 2.10 bits per heavy atom. The average molecular weight is 302 g/mol. The van der Waals surface area contributed by atoms with Gasteiger partial charge in [-0.15, -0.1) is 11.8 Å². The summed E-state index contributed by atoms with van der Waals surface area (Å²) in [7, 11) is 0. The molecule has 2 aromatic rings. The van der Waals surface area contributed by atoms with Crippen LogP contribution in [-0.2, 0) is 0 Å². The van der Waals surface area contributed by atoms with Crippen LogP contribution in [0.3, 0.4) is 0 Å². The van der Waals surface area contributed by atoms with E-state index in [1.807, 2.05) is 18.2 Å². The van der Waals surface area contributed by atoms with Crippen LogP contribution in [0.2, 0.25) is 0 Å². The number of nitrogen functional groups attached to an aromatic ring is 1. The van der Waals surface area contributed by atoms with Crippen molar-refractivity contribution in [2.75, 3.05) is 22.9 Å². The molecule has 0 fully saturated rings. The Morgan fingerprint density at radius 1 is 1.29 bits per heavy atom. The SMILES string of the molecule is Cc1cc(F)ccc1C(=O)N1CCSc2ccc(N)cc21. The number of benzene rings is 2. The highest BCUT2D eigenvalue weighted by atomic mass is 32.2. The maximum atomic E-state index is 13.2. The number of carbonyl (C=O) groups is 1. The molecule has 1 amide bonds. The summed E-state index contributed by atoms with van der Waals surface area (Å²) in [6.07, 6.45) is 0. The van der Waals surface area contributed by atoms with Crippen LogP contribution >= 0.6 is 11.8 Å². The minimum Gasteiger partial charge on any atom is -0.399 e. The molecule has 0 saturated heterocycles. The molecule has 1 aliphatic rings. The van der Waals surface area contributed by atoms with Crippen LogP contribution in [0.1, 0.15) is 15.9 Å². The standard InChI is InChI=1S/C16H15FN2OS/c1-10-8-11(17)2-4-13(10)16(20)19-6-7-21-15-5-3-12(18)9-14(15)19/h2-5,8-9H,6-7,18H2,1H3. The molecule has 0 radical (unpaired) electrons. The molecule has 1 aliphatic heterocycles. The molecule has 108 valence electrons. The van der Waals surface area contributed by atoms with E-state index in [1.165, 1.54) is 12.1 Å². The van der Waals surface area contributed by atoms with Gasteiger partial charge < -0.3 is 10.6 Å². The van der Waals surface area contributed by atoms with E-state index in [2.05, 4.69) is 0 Å². The molecule has 0 saturated carbocycles. The second-order valence-corrected chi connectivity index (χ2v) is 6.13. The fourth-order valence-electron chi connectivity index (χ4n) is 2.46. The van der Waals surface area contributed by atoms with Crippen LogP contribution in [0, 0.1) is 12.7 Å². The molecule has 0 atom stereocenters. The molecule has 0 aromatic heterocycles. The van der Waals surface area contributed by atoms with E-state index in [0.717, 1.165) is 16.3 Å². The molecule has 3 nitrogen and oxygen atoms in total. The number of amides is 1. The predicted octanol–water partition coefficient (Wildman–Crippen LogP) is 3.47. The van der Waals surface area contributed by atoms with E-state index in [4.69, 9.17) is 5.73 Å². The van der Waals surface area contributed by atoms with Gasteiger partial charge >= 0.3 is 0 Å². The summed E-state index contributed by atoms with van der Waals surface area (Å²) in [6, 6.07) is 9.83. The minimum absolute atomic E-state index is 0.111. The highest BCUT2D eigenvalue weighted by Gasteiger charge is 2.25. The van der Waals surface area contributed by atoms with E-state index >= 15 is 0 Å². The monoisotopic (exact) mass is 302 g/mol. The van der Waals surface area contributed by atoms with E-state index in [1.54, 1.807) is 29.7 Å². The van der Waals surface area contributed by atoms with E-state index < -0.39 is 0 Å². The summed E-state index contributed by atoms with van der Waals surface area (Å²) in [4.78, 5) is 15.5. The van der Waals surface area contributed by atoms with Crippen molar-refractivity contribution >= 4 is 29.0 Å². The van der Waals surface area contributed by atoms with Crippen molar-refractivity contribution in [3.8, 4) is 0 Å². The van der Waals surface area contributed by atoms with Crippen molar-refractivity contribution in [3.63, 3.8) is 0 Å². The number of carbonyl (C=O) groups excluding carboxylic acids is 1. The van der Waals surface area contributed by atoms with Crippen LogP contribution in [0.4, 0.5) is 15.8 Å². The summed E-state index contributed by atoms with van der Waals surface area (Å²) in [5.41, 5.74) is 8.47. The van der Waals surface area contributed by atoms with Crippen molar-refractivity contribution in [3.05, 3.63) is 53.3 Å². The van der Waals surface area contributed by atoms with Crippen molar-refractivity contribution in [1.82, 2.24) is 0 Å². The fraction of sp³-hybridized carbons (Fsp3) is 0.188. The van der Waals surface area contributed by atoms with Crippen molar-refractivity contribution in [2.24, 2.45) is 0 Å². The summed E-state index contributed by atoms with van der Waals surface area (Å²) in [5.74, 6) is 0.394. The number of rotatable bonds is 1. The number of nitrogens with two attached hydrogens (primary N) is 1. The number of hydrogen-bond acceptors (Lipinski definition) is 3. The van der Waals surface area contributed by atoms with Crippen LogP contribution in [0.5, 0.6) is 0 Å². The molecular formula is C16H15FN2OS.